The van der Waals surface area contributed by atoms with Crippen molar-refractivity contribution in [1.82, 2.24) is 4.90 Å². The largest absolute Gasteiger partial charge is 0.293 e. The smallest absolute Gasteiger partial charge is 0.176 e. The maximum Gasteiger partial charge on any atom is 0.176 e. The van der Waals surface area contributed by atoms with Crippen LogP contribution < -0.4 is 0 Å². The second-order valence-corrected chi connectivity index (χ2v) is 5.16. The second kappa shape index (κ2) is 5.55. The summed E-state index contributed by atoms with van der Waals surface area (Å²) in [5.74, 6) is -0.385. The minimum absolute atomic E-state index is 0.0242. The maximum absolute atomic E-state index is 13.1. The molecule has 2 aromatic carbocycles. The number of hydrogen-bond acceptors (Lipinski definition) is 2. The van der Waals surface area contributed by atoms with Gasteiger partial charge in [0.1, 0.15) is 5.82 Å². The normalized spacial score (nSPS) is 14.8. The van der Waals surface area contributed by atoms with E-state index in [4.69, 9.17) is 0 Å². The van der Waals surface area contributed by atoms with Crippen LogP contribution in [0.5, 0.6) is 0 Å². The molecule has 0 saturated heterocycles. The van der Waals surface area contributed by atoms with Crippen molar-refractivity contribution in [2.45, 2.75) is 13.0 Å². The van der Waals surface area contributed by atoms with Crippen molar-refractivity contribution in [3.8, 4) is 0 Å². The monoisotopic (exact) mass is 269 g/mol. The van der Waals surface area contributed by atoms with Gasteiger partial charge in [-0.05, 0) is 29.7 Å². The van der Waals surface area contributed by atoms with Crippen LogP contribution in [0.15, 0.2) is 48.5 Å². The molecular weight excluding hydrogens is 253 g/mol. The van der Waals surface area contributed by atoms with Gasteiger partial charge in [-0.1, -0.05) is 36.4 Å². The molecule has 0 spiro atoms. The minimum atomic E-state index is -0.361. The predicted molar refractivity (Wildman–Crippen MR) is 76.2 cm³/mol. The average Bonchev–Trinajstić information content (AvgIpc) is 2.47. The van der Waals surface area contributed by atoms with Gasteiger partial charge in [0.05, 0.1) is 6.54 Å². The Hall–Kier alpha value is -2.00. The Kier molecular flexibility index (Phi) is 3.61. The molecule has 0 bridgehead atoms. The predicted octanol–water partition coefficient (Wildman–Crippen LogP) is 3.07. The van der Waals surface area contributed by atoms with E-state index in [0.717, 1.165) is 19.5 Å². The summed E-state index contributed by atoms with van der Waals surface area (Å²) in [6, 6.07) is 14.2. The SMILES string of the molecule is O=C(CN1CCc2ccccc2C1)c1cccc(F)c1. The van der Waals surface area contributed by atoms with Gasteiger partial charge in [-0.25, -0.2) is 4.39 Å². The summed E-state index contributed by atoms with van der Waals surface area (Å²) in [5.41, 5.74) is 3.09. The lowest BCUT2D eigenvalue weighted by molar-refractivity contribution is 0.0921. The Morgan fingerprint density at radius 3 is 2.70 bits per heavy atom. The molecule has 2 aromatic rings. The van der Waals surface area contributed by atoms with Crippen LogP contribution in [0.4, 0.5) is 4.39 Å². The highest BCUT2D eigenvalue weighted by molar-refractivity contribution is 5.97. The van der Waals surface area contributed by atoms with E-state index in [0.29, 0.717) is 12.1 Å². The van der Waals surface area contributed by atoms with Crippen LogP contribution in [0.1, 0.15) is 21.5 Å². The highest BCUT2D eigenvalue weighted by atomic mass is 19.1. The van der Waals surface area contributed by atoms with Crippen molar-refractivity contribution in [2.24, 2.45) is 0 Å². The summed E-state index contributed by atoms with van der Waals surface area (Å²) in [6.07, 6.45) is 0.965. The lowest BCUT2D eigenvalue weighted by Crippen LogP contribution is -2.34. The summed E-state index contributed by atoms with van der Waals surface area (Å²) in [4.78, 5) is 14.3. The highest BCUT2D eigenvalue weighted by Crippen LogP contribution is 2.18. The zero-order valence-electron chi connectivity index (χ0n) is 11.2. The van der Waals surface area contributed by atoms with Crippen molar-refractivity contribution in [1.29, 1.82) is 0 Å². The van der Waals surface area contributed by atoms with Crippen LogP contribution in [0.3, 0.4) is 0 Å². The first-order chi connectivity index (χ1) is 9.72. The van der Waals surface area contributed by atoms with Gasteiger partial charge < -0.3 is 0 Å². The summed E-state index contributed by atoms with van der Waals surface area (Å²) in [7, 11) is 0. The number of carbonyl (C=O) groups excluding carboxylic acids is 1. The number of Topliss-reactive ketones (excluding diaryl/α,β-unsaturated/α-hetero) is 1. The summed E-state index contributed by atoms with van der Waals surface area (Å²) < 4.78 is 13.1. The summed E-state index contributed by atoms with van der Waals surface area (Å²) in [6.45, 7) is 2.01. The quantitative estimate of drug-likeness (QED) is 0.798. The fraction of sp³-hybridized carbons (Fsp3) is 0.235. The second-order valence-electron chi connectivity index (χ2n) is 5.16. The number of hydrogen-bond donors (Lipinski definition) is 0. The van der Waals surface area contributed by atoms with Gasteiger partial charge in [-0.3, -0.25) is 9.69 Å². The van der Waals surface area contributed by atoms with E-state index in [2.05, 4.69) is 17.0 Å². The fourth-order valence-electron chi connectivity index (χ4n) is 2.65. The maximum atomic E-state index is 13.1. The van der Waals surface area contributed by atoms with Crippen LogP contribution in [-0.4, -0.2) is 23.8 Å². The van der Waals surface area contributed by atoms with Crippen LogP contribution in [0.25, 0.3) is 0 Å². The number of benzene rings is 2. The molecule has 3 rings (SSSR count). The van der Waals surface area contributed by atoms with E-state index >= 15 is 0 Å². The van der Waals surface area contributed by atoms with E-state index in [-0.39, 0.29) is 11.6 Å². The molecule has 0 fully saturated rings. The van der Waals surface area contributed by atoms with Crippen molar-refractivity contribution in [3.63, 3.8) is 0 Å². The number of carbonyl (C=O) groups is 1. The molecule has 0 radical (unpaired) electrons. The highest BCUT2D eigenvalue weighted by Gasteiger charge is 2.18. The number of halogens is 1. The van der Waals surface area contributed by atoms with Crippen molar-refractivity contribution in [2.75, 3.05) is 13.1 Å². The van der Waals surface area contributed by atoms with Gasteiger partial charge in [0.25, 0.3) is 0 Å². The molecule has 0 atom stereocenters. The topological polar surface area (TPSA) is 20.3 Å². The molecule has 2 nitrogen and oxygen atoms in total. The van der Waals surface area contributed by atoms with Crippen molar-refractivity contribution >= 4 is 5.78 Å². The minimum Gasteiger partial charge on any atom is -0.293 e. The van der Waals surface area contributed by atoms with Crippen LogP contribution in [0.2, 0.25) is 0 Å². The molecule has 0 unspecified atom stereocenters. The average molecular weight is 269 g/mol. The lowest BCUT2D eigenvalue weighted by Gasteiger charge is -2.28. The van der Waals surface area contributed by atoms with Gasteiger partial charge in [0.15, 0.2) is 5.78 Å². The molecule has 102 valence electrons. The number of nitrogens with zero attached hydrogens (tertiary/aromatic N) is 1. The summed E-state index contributed by atoms with van der Waals surface area (Å²) >= 11 is 0. The van der Waals surface area contributed by atoms with Crippen molar-refractivity contribution < 1.29 is 9.18 Å². The third kappa shape index (κ3) is 2.78. The van der Waals surface area contributed by atoms with E-state index in [1.807, 2.05) is 12.1 Å². The molecule has 1 aliphatic rings. The van der Waals surface area contributed by atoms with E-state index < -0.39 is 0 Å². The molecule has 1 heterocycles. The number of fused-ring (bicyclic) bond motifs is 1. The molecule has 0 aliphatic carbocycles. The molecule has 0 saturated carbocycles. The molecule has 3 heteroatoms. The fourth-order valence-corrected chi connectivity index (χ4v) is 2.65. The first-order valence-corrected chi connectivity index (χ1v) is 6.80. The van der Waals surface area contributed by atoms with Gasteiger partial charge in [0.2, 0.25) is 0 Å². The van der Waals surface area contributed by atoms with Gasteiger partial charge >= 0.3 is 0 Å². The molecular formula is C17H16FNO. The van der Waals surface area contributed by atoms with E-state index in [1.54, 1.807) is 12.1 Å². The lowest BCUT2D eigenvalue weighted by atomic mass is 9.99. The zero-order chi connectivity index (χ0) is 13.9. The van der Waals surface area contributed by atoms with Gasteiger partial charge in [-0.2, -0.15) is 0 Å². The number of ketones is 1. The molecule has 1 aliphatic heterocycles. The Bertz CT molecular complexity index is 638. The van der Waals surface area contributed by atoms with E-state index in [9.17, 15) is 9.18 Å². The van der Waals surface area contributed by atoms with Crippen LogP contribution >= 0.6 is 0 Å². The molecule has 0 amide bonds. The Morgan fingerprint density at radius 1 is 1.10 bits per heavy atom. The number of rotatable bonds is 3. The van der Waals surface area contributed by atoms with Crippen LogP contribution in [-0.2, 0) is 13.0 Å². The Labute approximate surface area is 117 Å². The van der Waals surface area contributed by atoms with Gasteiger partial charge in [-0.15, -0.1) is 0 Å². The molecule has 20 heavy (non-hydrogen) atoms. The van der Waals surface area contributed by atoms with Gasteiger partial charge in [0, 0.05) is 18.7 Å². The van der Waals surface area contributed by atoms with Crippen LogP contribution in [0, 0.1) is 5.82 Å². The zero-order valence-corrected chi connectivity index (χ0v) is 11.2. The Balaban J connectivity index is 1.69. The van der Waals surface area contributed by atoms with E-state index in [1.165, 1.54) is 23.3 Å². The standard InChI is InChI=1S/C17H16FNO/c18-16-7-3-6-14(10-16)17(20)12-19-9-8-13-4-1-2-5-15(13)11-19/h1-7,10H,8-9,11-12H2. The molecule has 0 N–H and O–H groups in total. The van der Waals surface area contributed by atoms with Crippen molar-refractivity contribution in [3.05, 3.63) is 71.0 Å². The summed E-state index contributed by atoms with van der Waals surface area (Å²) in [5, 5.41) is 0. The third-order valence-electron chi connectivity index (χ3n) is 3.72. The third-order valence-corrected chi connectivity index (χ3v) is 3.72. The first-order valence-electron chi connectivity index (χ1n) is 6.80. The first kappa shape index (κ1) is 13.0. The Morgan fingerprint density at radius 2 is 1.90 bits per heavy atom. The molecule has 0 aromatic heterocycles.